The second-order valence-electron chi connectivity index (χ2n) is 4.48. The SMILES string of the molecule is Cc1cc(CNC(C)c2ccc(OC(F)F)cc2)on1. The predicted molar refractivity (Wildman–Crippen MR) is 69.6 cm³/mol. The molecule has 0 amide bonds. The number of benzene rings is 1. The lowest BCUT2D eigenvalue weighted by Crippen LogP contribution is -2.17. The first-order valence-electron chi connectivity index (χ1n) is 6.25. The molecular formula is C14H16F2N2O2. The molecule has 108 valence electrons. The zero-order valence-electron chi connectivity index (χ0n) is 11.3. The summed E-state index contributed by atoms with van der Waals surface area (Å²) in [6, 6.07) is 8.47. The van der Waals surface area contributed by atoms with Crippen LogP contribution in [-0.4, -0.2) is 11.8 Å². The second kappa shape index (κ2) is 6.47. The van der Waals surface area contributed by atoms with E-state index >= 15 is 0 Å². The Morgan fingerprint density at radius 1 is 1.30 bits per heavy atom. The minimum absolute atomic E-state index is 0.0565. The van der Waals surface area contributed by atoms with Crippen LogP contribution in [0, 0.1) is 6.92 Å². The second-order valence-corrected chi connectivity index (χ2v) is 4.48. The van der Waals surface area contributed by atoms with Gasteiger partial charge in [-0.3, -0.25) is 0 Å². The Kier molecular flexibility index (Phi) is 4.68. The summed E-state index contributed by atoms with van der Waals surface area (Å²) in [6.07, 6.45) is 0. The molecule has 2 aromatic rings. The fourth-order valence-corrected chi connectivity index (χ4v) is 1.81. The van der Waals surface area contributed by atoms with Gasteiger partial charge in [0.05, 0.1) is 12.2 Å². The van der Waals surface area contributed by atoms with Crippen molar-refractivity contribution >= 4 is 0 Å². The lowest BCUT2D eigenvalue weighted by molar-refractivity contribution is -0.0498. The van der Waals surface area contributed by atoms with Crippen molar-refractivity contribution in [1.82, 2.24) is 10.5 Å². The average Bonchev–Trinajstić information content (AvgIpc) is 2.82. The quantitative estimate of drug-likeness (QED) is 0.881. The number of hydrogen-bond acceptors (Lipinski definition) is 4. The summed E-state index contributed by atoms with van der Waals surface area (Å²) in [5.74, 6) is 0.911. The highest BCUT2D eigenvalue weighted by Crippen LogP contribution is 2.19. The van der Waals surface area contributed by atoms with Crippen LogP contribution in [0.4, 0.5) is 8.78 Å². The van der Waals surface area contributed by atoms with Crippen molar-refractivity contribution in [2.45, 2.75) is 33.0 Å². The molecule has 0 saturated heterocycles. The molecular weight excluding hydrogens is 266 g/mol. The van der Waals surface area contributed by atoms with Crippen LogP contribution < -0.4 is 10.1 Å². The first kappa shape index (κ1) is 14.5. The normalized spacial score (nSPS) is 12.7. The standard InChI is InChI=1S/C14H16F2N2O2/c1-9-7-13(20-18-9)8-17-10(2)11-3-5-12(6-4-11)19-14(15)16/h3-7,10,14,17H,8H2,1-2H3. The largest absolute Gasteiger partial charge is 0.435 e. The van der Waals surface area contributed by atoms with Gasteiger partial charge in [-0.15, -0.1) is 0 Å². The van der Waals surface area contributed by atoms with E-state index in [0.717, 1.165) is 17.0 Å². The minimum atomic E-state index is -2.80. The molecule has 0 aliphatic heterocycles. The maximum absolute atomic E-state index is 12.0. The molecule has 0 spiro atoms. The lowest BCUT2D eigenvalue weighted by Gasteiger charge is -2.13. The third kappa shape index (κ3) is 4.03. The van der Waals surface area contributed by atoms with Gasteiger partial charge in [-0.1, -0.05) is 17.3 Å². The van der Waals surface area contributed by atoms with Crippen LogP contribution in [0.2, 0.25) is 0 Å². The summed E-state index contributed by atoms with van der Waals surface area (Å²) < 4.78 is 33.5. The highest BCUT2D eigenvalue weighted by atomic mass is 19.3. The minimum Gasteiger partial charge on any atom is -0.435 e. The van der Waals surface area contributed by atoms with E-state index in [1.165, 1.54) is 12.1 Å². The van der Waals surface area contributed by atoms with E-state index in [1.54, 1.807) is 12.1 Å². The molecule has 0 saturated carbocycles. The van der Waals surface area contributed by atoms with Crippen molar-refractivity contribution < 1.29 is 18.0 Å². The maximum Gasteiger partial charge on any atom is 0.387 e. The highest BCUT2D eigenvalue weighted by molar-refractivity contribution is 5.29. The van der Waals surface area contributed by atoms with Crippen molar-refractivity contribution in [3.8, 4) is 5.75 Å². The molecule has 0 aliphatic rings. The molecule has 1 aromatic carbocycles. The zero-order valence-corrected chi connectivity index (χ0v) is 11.3. The number of aryl methyl sites for hydroxylation is 1. The Morgan fingerprint density at radius 2 is 2.00 bits per heavy atom. The van der Waals surface area contributed by atoms with Gasteiger partial charge in [-0.2, -0.15) is 8.78 Å². The fourth-order valence-electron chi connectivity index (χ4n) is 1.81. The number of halogens is 2. The van der Waals surface area contributed by atoms with Gasteiger partial charge >= 0.3 is 6.61 Å². The number of alkyl halides is 2. The van der Waals surface area contributed by atoms with Crippen molar-refractivity contribution in [2.24, 2.45) is 0 Å². The molecule has 1 unspecified atom stereocenters. The van der Waals surface area contributed by atoms with E-state index in [1.807, 2.05) is 19.9 Å². The fraction of sp³-hybridized carbons (Fsp3) is 0.357. The molecule has 0 fully saturated rings. The van der Waals surface area contributed by atoms with E-state index in [4.69, 9.17) is 4.52 Å². The van der Waals surface area contributed by atoms with Gasteiger partial charge in [0.2, 0.25) is 0 Å². The van der Waals surface area contributed by atoms with E-state index in [-0.39, 0.29) is 11.8 Å². The molecule has 6 heteroatoms. The van der Waals surface area contributed by atoms with Gasteiger partial charge in [-0.25, -0.2) is 0 Å². The summed E-state index contributed by atoms with van der Waals surface area (Å²) in [5.41, 5.74) is 1.81. The number of nitrogens with one attached hydrogen (secondary N) is 1. The van der Waals surface area contributed by atoms with E-state index in [2.05, 4.69) is 15.2 Å². The van der Waals surface area contributed by atoms with Crippen molar-refractivity contribution in [3.63, 3.8) is 0 Å². The van der Waals surface area contributed by atoms with Gasteiger partial charge in [0, 0.05) is 12.1 Å². The summed E-state index contributed by atoms with van der Waals surface area (Å²) in [4.78, 5) is 0. The number of hydrogen-bond donors (Lipinski definition) is 1. The van der Waals surface area contributed by atoms with E-state index < -0.39 is 6.61 Å². The average molecular weight is 282 g/mol. The molecule has 20 heavy (non-hydrogen) atoms. The lowest BCUT2D eigenvalue weighted by atomic mass is 10.1. The molecule has 1 aromatic heterocycles. The first-order chi connectivity index (χ1) is 9.54. The molecule has 4 nitrogen and oxygen atoms in total. The van der Waals surface area contributed by atoms with Crippen molar-refractivity contribution in [3.05, 3.63) is 47.3 Å². The van der Waals surface area contributed by atoms with Gasteiger partial charge in [-0.05, 0) is 31.5 Å². The summed E-state index contributed by atoms with van der Waals surface area (Å²) in [5, 5.41) is 7.07. The Labute approximate surface area is 115 Å². The van der Waals surface area contributed by atoms with Crippen molar-refractivity contribution in [2.75, 3.05) is 0 Å². The molecule has 1 N–H and O–H groups in total. The molecule has 0 radical (unpaired) electrons. The van der Waals surface area contributed by atoms with Crippen LogP contribution in [0.3, 0.4) is 0 Å². The van der Waals surface area contributed by atoms with Gasteiger partial charge < -0.3 is 14.6 Å². The smallest absolute Gasteiger partial charge is 0.387 e. The monoisotopic (exact) mass is 282 g/mol. The van der Waals surface area contributed by atoms with Crippen molar-refractivity contribution in [1.29, 1.82) is 0 Å². The van der Waals surface area contributed by atoms with Crippen LogP contribution in [-0.2, 0) is 6.54 Å². The van der Waals surface area contributed by atoms with Crippen LogP contribution in [0.5, 0.6) is 5.75 Å². The van der Waals surface area contributed by atoms with Crippen LogP contribution >= 0.6 is 0 Å². The molecule has 1 atom stereocenters. The summed E-state index contributed by atoms with van der Waals surface area (Å²) in [6.45, 7) is 1.59. The van der Waals surface area contributed by atoms with Gasteiger partial charge in [0.1, 0.15) is 5.75 Å². The van der Waals surface area contributed by atoms with Gasteiger partial charge in [0.15, 0.2) is 5.76 Å². The molecule has 2 rings (SSSR count). The topological polar surface area (TPSA) is 47.3 Å². The number of rotatable bonds is 6. The summed E-state index contributed by atoms with van der Waals surface area (Å²) in [7, 11) is 0. The van der Waals surface area contributed by atoms with Gasteiger partial charge in [0.25, 0.3) is 0 Å². The van der Waals surface area contributed by atoms with E-state index in [9.17, 15) is 8.78 Å². The Bertz CT molecular complexity index is 540. The number of nitrogens with zero attached hydrogens (tertiary/aromatic N) is 1. The molecule has 1 heterocycles. The number of aromatic nitrogens is 1. The van der Waals surface area contributed by atoms with E-state index in [0.29, 0.717) is 6.54 Å². The van der Waals surface area contributed by atoms with Crippen LogP contribution in [0.15, 0.2) is 34.9 Å². The Hall–Kier alpha value is -1.95. The highest BCUT2D eigenvalue weighted by Gasteiger charge is 2.08. The zero-order chi connectivity index (χ0) is 14.5. The molecule has 0 aliphatic carbocycles. The van der Waals surface area contributed by atoms with Crippen LogP contribution in [0.25, 0.3) is 0 Å². The third-order valence-electron chi connectivity index (χ3n) is 2.86. The predicted octanol–water partition coefficient (Wildman–Crippen LogP) is 3.44. The maximum atomic E-state index is 12.0. The Balaban J connectivity index is 1.90. The number of ether oxygens (including phenoxy) is 1. The first-order valence-corrected chi connectivity index (χ1v) is 6.25. The molecule has 0 bridgehead atoms. The summed E-state index contributed by atoms with van der Waals surface area (Å²) >= 11 is 0. The third-order valence-corrected chi connectivity index (χ3v) is 2.86. The van der Waals surface area contributed by atoms with Crippen LogP contribution in [0.1, 0.15) is 30.0 Å². The Morgan fingerprint density at radius 3 is 2.55 bits per heavy atom.